The smallest absolute Gasteiger partial charge is 0.157 e. The van der Waals surface area contributed by atoms with Gasteiger partial charge in [-0.3, -0.25) is 4.90 Å². The standard InChI is InChI=1S/C19H19FN4O/c20-17-8-6-16(7-9-17)13-24-14-18(21-22-24)19-23(10-11-25-19)12-15-4-2-1-3-5-15/h1-9,14,19H,10-13H2/t19-/m1/s1. The summed E-state index contributed by atoms with van der Waals surface area (Å²) in [5.74, 6) is -0.237. The quantitative estimate of drug-likeness (QED) is 0.717. The van der Waals surface area contributed by atoms with Crippen LogP contribution in [0.2, 0.25) is 0 Å². The minimum absolute atomic E-state index is 0.179. The maximum atomic E-state index is 13.0. The van der Waals surface area contributed by atoms with Gasteiger partial charge in [0, 0.05) is 13.1 Å². The number of rotatable bonds is 5. The van der Waals surface area contributed by atoms with Crippen LogP contribution in [-0.4, -0.2) is 33.0 Å². The fourth-order valence-electron chi connectivity index (χ4n) is 3.04. The first-order valence-electron chi connectivity index (χ1n) is 8.32. The number of nitrogens with zero attached hydrogens (tertiary/aromatic N) is 4. The Kier molecular flexibility index (Phi) is 4.54. The predicted molar refractivity (Wildman–Crippen MR) is 91.1 cm³/mol. The molecule has 3 aromatic rings. The second-order valence-electron chi connectivity index (χ2n) is 6.15. The summed E-state index contributed by atoms with van der Waals surface area (Å²) in [6.07, 6.45) is 1.72. The lowest BCUT2D eigenvalue weighted by Gasteiger charge is -2.20. The molecule has 1 saturated heterocycles. The maximum absolute atomic E-state index is 13.0. The monoisotopic (exact) mass is 338 g/mol. The van der Waals surface area contributed by atoms with Crippen LogP contribution in [0.15, 0.2) is 60.8 Å². The van der Waals surface area contributed by atoms with Gasteiger partial charge in [-0.1, -0.05) is 47.7 Å². The molecule has 1 aromatic heterocycles. The first kappa shape index (κ1) is 15.9. The Morgan fingerprint density at radius 3 is 2.56 bits per heavy atom. The molecule has 0 saturated carbocycles. The molecule has 1 aliphatic rings. The van der Waals surface area contributed by atoms with E-state index in [0.29, 0.717) is 13.2 Å². The molecule has 0 aliphatic carbocycles. The average molecular weight is 338 g/mol. The van der Waals surface area contributed by atoms with Crippen molar-refractivity contribution >= 4 is 0 Å². The third-order valence-electron chi connectivity index (χ3n) is 4.28. The van der Waals surface area contributed by atoms with Crippen molar-refractivity contribution in [2.45, 2.75) is 19.3 Å². The van der Waals surface area contributed by atoms with E-state index >= 15 is 0 Å². The van der Waals surface area contributed by atoms with E-state index in [1.54, 1.807) is 16.8 Å². The van der Waals surface area contributed by atoms with Crippen LogP contribution in [0.3, 0.4) is 0 Å². The Labute approximate surface area is 145 Å². The van der Waals surface area contributed by atoms with Crippen LogP contribution in [0.4, 0.5) is 4.39 Å². The largest absolute Gasteiger partial charge is 0.356 e. The molecule has 4 rings (SSSR count). The van der Waals surface area contributed by atoms with Gasteiger partial charge in [0.2, 0.25) is 0 Å². The van der Waals surface area contributed by atoms with Crippen molar-refractivity contribution in [3.8, 4) is 0 Å². The van der Waals surface area contributed by atoms with E-state index in [4.69, 9.17) is 4.74 Å². The molecule has 25 heavy (non-hydrogen) atoms. The van der Waals surface area contributed by atoms with Gasteiger partial charge in [-0.25, -0.2) is 9.07 Å². The van der Waals surface area contributed by atoms with Gasteiger partial charge in [0.15, 0.2) is 6.23 Å². The summed E-state index contributed by atoms with van der Waals surface area (Å²) in [4.78, 5) is 2.25. The van der Waals surface area contributed by atoms with Gasteiger partial charge < -0.3 is 4.74 Å². The predicted octanol–water partition coefficient (Wildman–Crippen LogP) is 3.00. The highest BCUT2D eigenvalue weighted by Gasteiger charge is 2.29. The van der Waals surface area contributed by atoms with Gasteiger partial charge in [-0.2, -0.15) is 0 Å². The molecule has 0 amide bonds. The molecular weight excluding hydrogens is 319 g/mol. The van der Waals surface area contributed by atoms with Gasteiger partial charge in [0.05, 0.1) is 19.3 Å². The summed E-state index contributed by atoms with van der Waals surface area (Å²) in [7, 11) is 0. The summed E-state index contributed by atoms with van der Waals surface area (Å²) < 4.78 is 20.6. The molecule has 0 spiro atoms. The molecule has 5 nitrogen and oxygen atoms in total. The number of benzene rings is 2. The summed E-state index contributed by atoms with van der Waals surface area (Å²) in [6.45, 7) is 2.92. The maximum Gasteiger partial charge on any atom is 0.157 e. The lowest BCUT2D eigenvalue weighted by molar-refractivity contribution is 0.0252. The fraction of sp³-hybridized carbons (Fsp3) is 0.263. The van der Waals surface area contributed by atoms with Crippen molar-refractivity contribution in [3.63, 3.8) is 0 Å². The summed E-state index contributed by atoms with van der Waals surface area (Å²) in [6, 6.07) is 16.7. The van der Waals surface area contributed by atoms with E-state index < -0.39 is 0 Å². The molecular formula is C19H19FN4O. The molecule has 2 heterocycles. The fourth-order valence-corrected chi connectivity index (χ4v) is 3.04. The molecule has 0 bridgehead atoms. The van der Waals surface area contributed by atoms with Crippen molar-refractivity contribution in [2.24, 2.45) is 0 Å². The Morgan fingerprint density at radius 2 is 1.76 bits per heavy atom. The Morgan fingerprint density at radius 1 is 1.00 bits per heavy atom. The van der Waals surface area contributed by atoms with Crippen LogP contribution in [0.5, 0.6) is 0 Å². The van der Waals surface area contributed by atoms with Crippen LogP contribution < -0.4 is 0 Å². The van der Waals surface area contributed by atoms with Crippen molar-refractivity contribution in [1.29, 1.82) is 0 Å². The van der Waals surface area contributed by atoms with Gasteiger partial charge in [-0.15, -0.1) is 5.10 Å². The van der Waals surface area contributed by atoms with Crippen LogP contribution >= 0.6 is 0 Å². The second kappa shape index (κ2) is 7.13. The highest BCUT2D eigenvalue weighted by molar-refractivity contribution is 5.17. The van der Waals surface area contributed by atoms with E-state index in [2.05, 4.69) is 27.3 Å². The van der Waals surface area contributed by atoms with E-state index in [-0.39, 0.29) is 12.0 Å². The summed E-state index contributed by atoms with van der Waals surface area (Å²) in [5.41, 5.74) is 3.03. The molecule has 6 heteroatoms. The minimum Gasteiger partial charge on any atom is -0.356 e. The molecule has 0 N–H and O–H groups in total. The lowest BCUT2D eigenvalue weighted by Crippen LogP contribution is -2.23. The highest BCUT2D eigenvalue weighted by atomic mass is 19.1. The lowest BCUT2D eigenvalue weighted by atomic mass is 10.2. The first-order valence-corrected chi connectivity index (χ1v) is 8.32. The molecule has 2 aromatic carbocycles. The van der Waals surface area contributed by atoms with Crippen molar-refractivity contribution in [3.05, 3.63) is 83.4 Å². The average Bonchev–Trinajstić information content (AvgIpc) is 3.27. The number of halogens is 1. The van der Waals surface area contributed by atoms with Crippen LogP contribution in [-0.2, 0) is 17.8 Å². The molecule has 1 aliphatic heterocycles. The molecule has 128 valence electrons. The normalized spacial score (nSPS) is 17.9. The Balaban J connectivity index is 1.46. The number of hydrogen-bond acceptors (Lipinski definition) is 4. The first-order chi connectivity index (χ1) is 12.3. The van der Waals surface area contributed by atoms with Crippen LogP contribution in [0.25, 0.3) is 0 Å². The van der Waals surface area contributed by atoms with Gasteiger partial charge in [0.25, 0.3) is 0 Å². The van der Waals surface area contributed by atoms with Gasteiger partial charge in [-0.05, 0) is 23.3 Å². The molecule has 1 atom stereocenters. The van der Waals surface area contributed by atoms with E-state index in [1.165, 1.54) is 17.7 Å². The van der Waals surface area contributed by atoms with Crippen molar-refractivity contribution < 1.29 is 9.13 Å². The second-order valence-corrected chi connectivity index (χ2v) is 6.15. The van der Waals surface area contributed by atoms with Gasteiger partial charge in [0.1, 0.15) is 11.5 Å². The van der Waals surface area contributed by atoms with E-state index in [0.717, 1.165) is 24.3 Å². The van der Waals surface area contributed by atoms with Crippen molar-refractivity contribution in [1.82, 2.24) is 19.9 Å². The van der Waals surface area contributed by atoms with Crippen LogP contribution in [0.1, 0.15) is 23.0 Å². The third kappa shape index (κ3) is 3.75. The molecule has 0 unspecified atom stereocenters. The summed E-state index contributed by atoms with van der Waals surface area (Å²) in [5, 5.41) is 8.46. The third-order valence-corrected chi connectivity index (χ3v) is 4.28. The zero-order valence-electron chi connectivity index (χ0n) is 13.8. The Bertz CT molecular complexity index is 819. The zero-order valence-corrected chi connectivity index (χ0v) is 13.8. The van der Waals surface area contributed by atoms with Crippen LogP contribution in [0, 0.1) is 5.82 Å². The number of ether oxygens (including phenoxy) is 1. The van der Waals surface area contributed by atoms with Gasteiger partial charge >= 0.3 is 0 Å². The number of aromatic nitrogens is 3. The van der Waals surface area contributed by atoms with E-state index in [1.807, 2.05) is 24.4 Å². The minimum atomic E-state index is -0.237. The van der Waals surface area contributed by atoms with E-state index in [9.17, 15) is 4.39 Å². The Hall–Kier alpha value is -2.57. The zero-order chi connectivity index (χ0) is 17.1. The molecule has 1 fully saturated rings. The topological polar surface area (TPSA) is 43.2 Å². The highest BCUT2D eigenvalue weighted by Crippen LogP contribution is 2.26. The van der Waals surface area contributed by atoms with Crippen molar-refractivity contribution in [2.75, 3.05) is 13.2 Å². The summed E-state index contributed by atoms with van der Waals surface area (Å²) >= 11 is 0. The number of hydrogen-bond donors (Lipinski definition) is 0. The SMILES string of the molecule is Fc1ccc(Cn2cc([C@H]3OCCN3Cc3ccccc3)nn2)cc1. The molecule has 0 radical (unpaired) electrons.